The lowest BCUT2D eigenvalue weighted by atomic mass is 10.1. The van der Waals surface area contributed by atoms with Crippen LogP contribution in [-0.2, 0) is 6.61 Å². The van der Waals surface area contributed by atoms with Crippen molar-refractivity contribution in [3.63, 3.8) is 0 Å². The van der Waals surface area contributed by atoms with Crippen LogP contribution in [0.2, 0.25) is 5.02 Å². The first-order chi connectivity index (χ1) is 10.1. The van der Waals surface area contributed by atoms with Crippen molar-refractivity contribution in [2.75, 3.05) is 6.54 Å². The third-order valence-electron chi connectivity index (χ3n) is 3.29. The van der Waals surface area contributed by atoms with Gasteiger partial charge in [-0.1, -0.05) is 36.7 Å². The fourth-order valence-corrected chi connectivity index (χ4v) is 2.37. The van der Waals surface area contributed by atoms with Gasteiger partial charge in [-0.25, -0.2) is 4.39 Å². The van der Waals surface area contributed by atoms with E-state index in [-0.39, 0.29) is 11.9 Å². The molecular weight excluding hydrogens is 289 g/mol. The summed E-state index contributed by atoms with van der Waals surface area (Å²) in [5, 5.41) is 3.93. The number of nitrogens with one attached hydrogen (secondary N) is 1. The Kier molecular flexibility index (Phi) is 5.59. The lowest BCUT2D eigenvalue weighted by Gasteiger charge is -2.18. The minimum absolute atomic E-state index is 0.0203. The molecule has 2 nitrogen and oxygen atoms in total. The van der Waals surface area contributed by atoms with Gasteiger partial charge in [0.1, 0.15) is 18.2 Å². The molecule has 0 bridgehead atoms. The normalized spacial score (nSPS) is 12.2. The molecule has 112 valence electrons. The number of benzene rings is 2. The minimum atomic E-state index is -0.264. The third-order valence-corrected chi connectivity index (χ3v) is 3.66. The van der Waals surface area contributed by atoms with Crippen LogP contribution >= 0.6 is 11.6 Å². The SMILES string of the molecule is CCNC(C)c1cc(F)ccc1OCc1ccccc1Cl. The fraction of sp³-hybridized carbons (Fsp3) is 0.294. The second-order valence-corrected chi connectivity index (χ2v) is 5.25. The van der Waals surface area contributed by atoms with Crippen molar-refractivity contribution in [3.8, 4) is 5.75 Å². The zero-order valence-corrected chi connectivity index (χ0v) is 13.0. The van der Waals surface area contributed by atoms with E-state index in [1.54, 1.807) is 6.07 Å². The number of hydrogen-bond acceptors (Lipinski definition) is 2. The summed E-state index contributed by atoms with van der Waals surface area (Å²) in [5.41, 5.74) is 1.72. The summed E-state index contributed by atoms with van der Waals surface area (Å²) in [6, 6.07) is 12.1. The summed E-state index contributed by atoms with van der Waals surface area (Å²) in [6.45, 7) is 5.17. The largest absolute Gasteiger partial charge is 0.489 e. The molecule has 0 heterocycles. The maximum Gasteiger partial charge on any atom is 0.124 e. The summed E-state index contributed by atoms with van der Waals surface area (Å²) >= 11 is 6.12. The van der Waals surface area contributed by atoms with Crippen LogP contribution in [0.1, 0.15) is 31.0 Å². The Bertz CT molecular complexity index is 603. The molecule has 0 aliphatic carbocycles. The monoisotopic (exact) mass is 307 g/mol. The average Bonchev–Trinajstić information content (AvgIpc) is 2.47. The Morgan fingerprint density at radius 3 is 2.71 bits per heavy atom. The molecule has 0 saturated carbocycles. The summed E-state index contributed by atoms with van der Waals surface area (Å²) in [5.74, 6) is 0.407. The molecule has 0 spiro atoms. The van der Waals surface area contributed by atoms with Crippen LogP contribution in [0.3, 0.4) is 0 Å². The predicted octanol–water partition coefficient (Wildman–Crippen LogP) is 4.73. The van der Waals surface area contributed by atoms with Crippen LogP contribution in [-0.4, -0.2) is 6.54 Å². The summed E-state index contributed by atoms with van der Waals surface area (Å²) < 4.78 is 19.3. The van der Waals surface area contributed by atoms with Gasteiger partial charge in [-0.3, -0.25) is 0 Å². The molecule has 0 aromatic heterocycles. The first kappa shape index (κ1) is 15.8. The van der Waals surface area contributed by atoms with Crippen molar-refractivity contribution in [1.29, 1.82) is 0 Å². The van der Waals surface area contributed by atoms with E-state index < -0.39 is 0 Å². The Hall–Kier alpha value is -1.58. The van der Waals surface area contributed by atoms with Crippen molar-refractivity contribution in [1.82, 2.24) is 5.32 Å². The van der Waals surface area contributed by atoms with Crippen LogP contribution in [0.15, 0.2) is 42.5 Å². The zero-order chi connectivity index (χ0) is 15.2. The van der Waals surface area contributed by atoms with Crippen LogP contribution in [0, 0.1) is 5.82 Å². The molecule has 2 aromatic rings. The van der Waals surface area contributed by atoms with Gasteiger partial charge < -0.3 is 10.1 Å². The molecule has 0 fully saturated rings. The second kappa shape index (κ2) is 7.43. The summed E-state index contributed by atoms with van der Waals surface area (Å²) in [7, 11) is 0. The maximum atomic E-state index is 13.5. The molecule has 1 N–H and O–H groups in total. The van der Waals surface area contributed by atoms with Gasteiger partial charge >= 0.3 is 0 Å². The lowest BCUT2D eigenvalue weighted by Crippen LogP contribution is -2.18. The van der Waals surface area contributed by atoms with Crippen molar-refractivity contribution in [2.45, 2.75) is 26.5 Å². The molecule has 4 heteroatoms. The predicted molar refractivity (Wildman–Crippen MR) is 84.3 cm³/mol. The van der Waals surface area contributed by atoms with Crippen molar-refractivity contribution < 1.29 is 9.13 Å². The van der Waals surface area contributed by atoms with Gasteiger partial charge in [0.25, 0.3) is 0 Å². The Morgan fingerprint density at radius 2 is 2.00 bits per heavy atom. The van der Waals surface area contributed by atoms with Crippen molar-refractivity contribution in [2.24, 2.45) is 0 Å². The van der Waals surface area contributed by atoms with Crippen LogP contribution < -0.4 is 10.1 Å². The zero-order valence-electron chi connectivity index (χ0n) is 12.2. The highest BCUT2D eigenvalue weighted by atomic mass is 35.5. The van der Waals surface area contributed by atoms with E-state index in [1.165, 1.54) is 12.1 Å². The first-order valence-corrected chi connectivity index (χ1v) is 7.38. The Balaban J connectivity index is 2.18. The van der Waals surface area contributed by atoms with Gasteiger partial charge in [-0.05, 0) is 37.7 Å². The van der Waals surface area contributed by atoms with E-state index in [4.69, 9.17) is 16.3 Å². The van der Waals surface area contributed by atoms with E-state index in [0.29, 0.717) is 17.4 Å². The molecule has 2 rings (SSSR count). The Morgan fingerprint density at radius 1 is 1.24 bits per heavy atom. The molecule has 2 aromatic carbocycles. The first-order valence-electron chi connectivity index (χ1n) is 7.01. The van der Waals surface area contributed by atoms with Gasteiger partial charge in [-0.15, -0.1) is 0 Å². The van der Waals surface area contributed by atoms with Gasteiger partial charge in [0, 0.05) is 22.2 Å². The van der Waals surface area contributed by atoms with Gasteiger partial charge in [-0.2, -0.15) is 0 Å². The van der Waals surface area contributed by atoms with Gasteiger partial charge in [0.05, 0.1) is 0 Å². The Labute approximate surface area is 129 Å². The van der Waals surface area contributed by atoms with Crippen molar-refractivity contribution >= 4 is 11.6 Å². The molecule has 1 atom stereocenters. The van der Waals surface area contributed by atoms with E-state index in [0.717, 1.165) is 17.7 Å². The number of halogens is 2. The fourth-order valence-electron chi connectivity index (χ4n) is 2.18. The molecule has 1 unspecified atom stereocenters. The second-order valence-electron chi connectivity index (χ2n) is 4.84. The smallest absolute Gasteiger partial charge is 0.124 e. The standard InChI is InChI=1S/C17H19ClFNO/c1-3-20-12(2)15-10-14(19)8-9-17(15)21-11-13-6-4-5-7-16(13)18/h4-10,12,20H,3,11H2,1-2H3. The van der Waals surface area contributed by atoms with Crippen LogP contribution in [0.5, 0.6) is 5.75 Å². The van der Waals surface area contributed by atoms with E-state index in [2.05, 4.69) is 5.32 Å². The number of ether oxygens (including phenoxy) is 1. The molecule has 0 aliphatic heterocycles. The topological polar surface area (TPSA) is 21.3 Å². The highest BCUT2D eigenvalue weighted by Crippen LogP contribution is 2.27. The maximum absolute atomic E-state index is 13.5. The third kappa shape index (κ3) is 4.19. The van der Waals surface area contributed by atoms with Crippen LogP contribution in [0.4, 0.5) is 4.39 Å². The quantitative estimate of drug-likeness (QED) is 0.833. The molecule has 0 amide bonds. The number of hydrogen-bond donors (Lipinski definition) is 1. The average molecular weight is 308 g/mol. The minimum Gasteiger partial charge on any atom is -0.489 e. The summed E-state index contributed by atoms with van der Waals surface area (Å²) in [4.78, 5) is 0. The molecular formula is C17H19ClFNO. The lowest BCUT2D eigenvalue weighted by molar-refractivity contribution is 0.299. The highest BCUT2D eigenvalue weighted by Gasteiger charge is 2.12. The highest BCUT2D eigenvalue weighted by molar-refractivity contribution is 6.31. The van der Waals surface area contributed by atoms with E-state index in [9.17, 15) is 4.39 Å². The van der Waals surface area contributed by atoms with E-state index >= 15 is 0 Å². The molecule has 0 radical (unpaired) electrons. The number of rotatable bonds is 6. The molecule has 0 aliphatic rings. The van der Waals surface area contributed by atoms with Crippen molar-refractivity contribution in [3.05, 3.63) is 64.4 Å². The molecule has 0 saturated heterocycles. The van der Waals surface area contributed by atoms with Crippen LogP contribution in [0.25, 0.3) is 0 Å². The summed E-state index contributed by atoms with van der Waals surface area (Å²) in [6.07, 6.45) is 0. The molecule has 21 heavy (non-hydrogen) atoms. The van der Waals surface area contributed by atoms with E-state index in [1.807, 2.05) is 38.1 Å². The van der Waals surface area contributed by atoms with Gasteiger partial charge in [0.15, 0.2) is 0 Å². The van der Waals surface area contributed by atoms with Gasteiger partial charge in [0.2, 0.25) is 0 Å².